The first-order valence-corrected chi connectivity index (χ1v) is 33.6. The highest BCUT2D eigenvalue weighted by Gasteiger charge is 2.43. The molecule has 1 aliphatic carbocycles. The van der Waals surface area contributed by atoms with Gasteiger partial charge in [0.25, 0.3) is 0 Å². The lowest BCUT2D eigenvalue weighted by molar-refractivity contribution is -0.302. The molecule has 1 amide bonds. The molecule has 0 aromatic carbocycles. The molecule has 1 aliphatic heterocycles. The minimum absolute atomic E-state index is 0.0154. The highest BCUT2D eigenvalue weighted by molar-refractivity contribution is 6.03. The first-order valence-electron chi connectivity index (χ1n) is 33.6. The van der Waals surface area contributed by atoms with E-state index in [2.05, 4.69) is 10.3 Å². The number of aliphatic hydroxyl groups excluding tert-OH is 15. The number of amides is 1. The van der Waals surface area contributed by atoms with Crippen LogP contribution in [0.1, 0.15) is 144 Å². The van der Waals surface area contributed by atoms with Crippen molar-refractivity contribution < 1.29 is 100 Å². The SMILES string of the molecule is CC(C)C(=O)CC(O)CC(O)CC(O)/C=C/CC(O)CC(O)CC(O)CC(O)/C=C/CC(O)CC(O)CCCN=C(N)N.CC(C/C=C/C=C/C=C/C=C/C=C/C(O)C(C)C(O)C(C)/C=C/CC/C=C/C=C/C=C/C=C/C(=O)NC1=C(O)CCC1=O)OC1OC(C)C(O)C(O)C1O. The van der Waals surface area contributed by atoms with Gasteiger partial charge in [0.15, 0.2) is 18.0 Å². The van der Waals surface area contributed by atoms with Crippen LogP contribution in [0, 0.1) is 17.8 Å². The molecule has 1 fully saturated rings. The number of unbranched alkanes of at least 4 members (excludes halogenated alkanes) is 1. The van der Waals surface area contributed by atoms with Gasteiger partial charge in [-0.25, -0.2) is 0 Å². The Morgan fingerprint density at radius 1 is 0.577 bits per heavy atom. The smallest absolute Gasteiger partial charge is 0.248 e. The van der Waals surface area contributed by atoms with Crippen molar-refractivity contribution in [1.82, 2.24) is 5.32 Å². The molecule has 0 saturated carbocycles. The number of ketones is 2. The van der Waals surface area contributed by atoms with Gasteiger partial charge in [0.2, 0.25) is 5.91 Å². The van der Waals surface area contributed by atoms with Crippen LogP contribution < -0.4 is 16.8 Å². The van der Waals surface area contributed by atoms with Crippen LogP contribution in [0.3, 0.4) is 0 Å². The van der Waals surface area contributed by atoms with Crippen LogP contribution in [0.4, 0.5) is 0 Å². The Balaban J connectivity index is 0.000000998. The van der Waals surface area contributed by atoms with Crippen molar-refractivity contribution in [3.05, 3.63) is 157 Å². The molecule has 2 aliphatic rings. The summed E-state index contributed by atoms with van der Waals surface area (Å²) < 4.78 is 11.1. The molecule has 1 saturated heterocycles. The van der Waals surface area contributed by atoms with Gasteiger partial charge in [0.05, 0.1) is 79.4 Å². The van der Waals surface area contributed by atoms with Crippen LogP contribution in [0.5, 0.6) is 0 Å². The number of rotatable bonds is 46. The van der Waals surface area contributed by atoms with Gasteiger partial charge in [-0.2, -0.15) is 0 Å². The fraction of sp³-hybridized carbons (Fsp3) is 0.589. The maximum absolute atomic E-state index is 11.8. The molecular weight excluding hydrogens is 1250 g/mol. The Hall–Kier alpha value is -6.14. The number of Topliss-reactive ketones (excluding diaryl/α,β-unsaturated/α-hetero) is 2. The summed E-state index contributed by atoms with van der Waals surface area (Å²) in [4.78, 5) is 38.9. The van der Waals surface area contributed by atoms with Crippen molar-refractivity contribution in [2.45, 2.75) is 248 Å². The zero-order valence-corrected chi connectivity index (χ0v) is 57.3. The Kier molecular flexibility index (Phi) is 47.6. The predicted molar refractivity (Wildman–Crippen MR) is 374 cm³/mol. The maximum atomic E-state index is 11.8. The molecule has 548 valence electrons. The fourth-order valence-corrected chi connectivity index (χ4v) is 9.76. The molecule has 0 spiro atoms. The van der Waals surface area contributed by atoms with E-state index in [1.54, 1.807) is 63.3 Å². The van der Waals surface area contributed by atoms with E-state index in [-0.39, 0.29) is 123 Å². The van der Waals surface area contributed by atoms with E-state index in [1.165, 1.54) is 24.3 Å². The molecule has 0 aromatic rings. The van der Waals surface area contributed by atoms with Gasteiger partial charge in [-0.15, -0.1) is 0 Å². The molecule has 0 aromatic heterocycles. The lowest BCUT2D eigenvalue weighted by Gasteiger charge is -2.39. The number of carbonyl (C=O) groups is 3. The summed E-state index contributed by atoms with van der Waals surface area (Å²) in [6.45, 7) is 11.0. The maximum Gasteiger partial charge on any atom is 0.248 e. The minimum atomic E-state index is -1.32. The molecule has 24 nitrogen and oxygen atoms in total. The first kappa shape index (κ1) is 88.9. The van der Waals surface area contributed by atoms with E-state index in [1.807, 2.05) is 99.8 Å². The third-order valence-electron chi connectivity index (χ3n) is 15.6. The summed E-state index contributed by atoms with van der Waals surface area (Å²) in [7, 11) is 0. The highest BCUT2D eigenvalue weighted by Crippen LogP contribution is 2.25. The number of hydrogen-bond acceptors (Lipinski definition) is 21. The number of nitrogens with zero attached hydrogens (tertiary/aromatic N) is 1. The molecule has 24 heteroatoms. The minimum Gasteiger partial charge on any atom is -0.510 e. The summed E-state index contributed by atoms with van der Waals surface area (Å²) in [6, 6.07) is 0. The average molecular weight is 1370 g/mol. The van der Waals surface area contributed by atoms with Gasteiger partial charge in [0.1, 0.15) is 35.6 Å². The van der Waals surface area contributed by atoms with E-state index in [0.29, 0.717) is 25.8 Å². The predicted octanol–water partition coefficient (Wildman–Crippen LogP) is 4.33. The van der Waals surface area contributed by atoms with Crippen molar-refractivity contribution in [2.75, 3.05) is 6.54 Å². The Morgan fingerprint density at radius 2 is 1.08 bits per heavy atom. The van der Waals surface area contributed by atoms with Gasteiger partial charge >= 0.3 is 0 Å². The number of aliphatic hydroxyl groups is 15. The Labute approximate surface area is 573 Å². The van der Waals surface area contributed by atoms with E-state index in [0.717, 1.165) is 12.8 Å². The quantitative estimate of drug-likeness (QED) is 0.0101. The molecule has 1 heterocycles. The van der Waals surface area contributed by atoms with Gasteiger partial charge < -0.3 is 103 Å². The number of nitrogens with one attached hydrogen (secondary N) is 1. The summed E-state index contributed by atoms with van der Waals surface area (Å²) in [6.07, 6.45) is 30.0. The fourth-order valence-electron chi connectivity index (χ4n) is 9.76. The summed E-state index contributed by atoms with van der Waals surface area (Å²) in [5.41, 5.74) is 10.4. The molecule has 20 N–H and O–H groups in total. The van der Waals surface area contributed by atoms with E-state index in [9.17, 15) is 91.0 Å². The van der Waals surface area contributed by atoms with Gasteiger partial charge in [0, 0.05) is 62.5 Å². The Morgan fingerprint density at radius 3 is 1.64 bits per heavy atom. The van der Waals surface area contributed by atoms with Crippen LogP contribution in [-0.2, 0) is 23.9 Å². The van der Waals surface area contributed by atoms with Gasteiger partial charge in [-0.3, -0.25) is 19.4 Å². The summed E-state index contributed by atoms with van der Waals surface area (Å²) in [5, 5.41) is 154. The zero-order chi connectivity index (χ0) is 72.8. The van der Waals surface area contributed by atoms with Gasteiger partial charge in [-0.1, -0.05) is 167 Å². The lowest BCUT2D eigenvalue weighted by Crippen LogP contribution is -2.57. The van der Waals surface area contributed by atoms with Crippen LogP contribution in [0.15, 0.2) is 162 Å². The molecule has 2 rings (SSSR count). The van der Waals surface area contributed by atoms with Crippen LogP contribution in [-0.4, -0.2) is 211 Å². The third-order valence-corrected chi connectivity index (χ3v) is 15.6. The third kappa shape index (κ3) is 43.1. The normalized spacial score (nSPS) is 22.9. The highest BCUT2D eigenvalue weighted by atomic mass is 16.7. The number of carbonyl (C=O) groups excluding carboxylic acids is 3. The van der Waals surface area contributed by atoms with Crippen LogP contribution >= 0.6 is 0 Å². The van der Waals surface area contributed by atoms with Crippen molar-refractivity contribution in [3.8, 4) is 0 Å². The van der Waals surface area contributed by atoms with Crippen LogP contribution in [0.2, 0.25) is 0 Å². The topological polar surface area (TPSA) is 450 Å². The molecule has 0 bridgehead atoms. The summed E-state index contributed by atoms with van der Waals surface area (Å²) in [5.74, 6) is -1.64. The monoisotopic (exact) mass is 1370 g/mol. The number of allylic oxidation sites excluding steroid dienone is 18. The number of nitrogens with two attached hydrogens (primary N) is 2. The van der Waals surface area contributed by atoms with Crippen molar-refractivity contribution >= 4 is 23.4 Å². The van der Waals surface area contributed by atoms with E-state index in [4.69, 9.17) is 20.9 Å². The average Bonchev–Trinajstić information content (AvgIpc) is 1.15. The number of ether oxygens (including phenoxy) is 2. The first-order chi connectivity index (χ1) is 45.9. The molecule has 0 radical (unpaired) electrons. The molecule has 19 unspecified atom stereocenters. The molecule has 19 atom stereocenters. The largest absolute Gasteiger partial charge is 0.510 e. The zero-order valence-electron chi connectivity index (χ0n) is 57.3. The number of hydrogen-bond donors (Lipinski definition) is 18. The standard InChI is InChI=1S/C43H59NO10.C30H57N3O10/c1-30(24-20-16-12-8-5-6-11-15-19-23-27-37(48)44-38-35(46)28-29-36(38)47)39(49)32(3)34(45)26-22-18-14-10-7-9-13-17-21-25-31(2)53-43-42(52)41(51)40(50)33(4)54-43;1-19(2)29(43)18-28(42)17-27(41)15-23(37)9-4-8-22(36)14-26(40)16-25(39)13-21(35)7-3-6-20(34)12-24(38)10-5-11-33-30(31)32/h5-11,13-15,17-24,26-27,30-34,39-43,45-46,49-52H,12,16,25,28-29H2,1-4H3,(H,44,48);3-4,7,9,19-28,34-42H,5-6,8,10-18H2,1-2H3,(H4,31,32,33)/b8-5+,10-7+,11-6+,13-9+,18-14+,19-15+,21-17+,24-20+,26-22+,27-23+;7-3+,9-4+. The number of aliphatic imine (C=N–C) groups is 1. The molecular formula is C73H116N4O20. The Bertz CT molecular complexity index is 2660. The van der Waals surface area contributed by atoms with Crippen molar-refractivity contribution in [1.29, 1.82) is 0 Å². The van der Waals surface area contributed by atoms with E-state index < -0.39 is 104 Å². The van der Waals surface area contributed by atoms with Gasteiger partial charge in [-0.05, 0) is 84.5 Å². The van der Waals surface area contributed by atoms with Crippen molar-refractivity contribution in [2.24, 2.45) is 34.2 Å². The lowest BCUT2D eigenvalue weighted by atomic mass is 9.88. The number of guanidine groups is 1. The molecule has 97 heavy (non-hydrogen) atoms. The van der Waals surface area contributed by atoms with E-state index >= 15 is 0 Å². The van der Waals surface area contributed by atoms with Crippen LogP contribution in [0.25, 0.3) is 0 Å². The second-order valence-corrected chi connectivity index (χ2v) is 25.1. The summed E-state index contributed by atoms with van der Waals surface area (Å²) >= 11 is 0. The van der Waals surface area contributed by atoms with Crippen molar-refractivity contribution in [3.63, 3.8) is 0 Å². The second kappa shape index (κ2) is 52.0. The second-order valence-electron chi connectivity index (χ2n) is 25.1.